The molecule has 6 unspecified atom stereocenters. The number of carbonyl (C=O) groups excluding carboxylic acids is 1. The Hall–Kier alpha value is -2.00. The van der Waals surface area contributed by atoms with E-state index in [1.165, 1.54) is 7.11 Å². The van der Waals surface area contributed by atoms with E-state index < -0.39 is 43.0 Å². The van der Waals surface area contributed by atoms with Crippen LogP contribution in [0.3, 0.4) is 0 Å². The van der Waals surface area contributed by atoms with Crippen LogP contribution in [-0.2, 0) is 23.7 Å². The third-order valence-corrected chi connectivity index (χ3v) is 5.19. The molecule has 4 rings (SSSR count). The van der Waals surface area contributed by atoms with Crippen molar-refractivity contribution in [3.05, 3.63) is 70.7 Å². The maximum absolute atomic E-state index is 12.6. The fraction of sp³-hybridized carbons (Fsp3) is 0.381. The molecule has 0 saturated carbocycles. The van der Waals surface area contributed by atoms with Gasteiger partial charge >= 0.3 is 5.97 Å². The number of ether oxygens (including phenoxy) is 5. The highest BCUT2D eigenvalue weighted by Crippen LogP contribution is 2.35. The molecule has 29 heavy (non-hydrogen) atoms. The lowest BCUT2D eigenvalue weighted by atomic mass is 9.97. The highest BCUT2D eigenvalue weighted by molar-refractivity contribution is 6.30. The second-order valence-corrected chi connectivity index (χ2v) is 7.26. The topological polar surface area (TPSA) is 83.5 Å². The van der Waals surface area contributed by atoms with E-state index >= 15 is 0 Å². The molecule has 2 heterocycles. The van der Waals surface area contributed by atoms with E-state index in [-0.39, 0.29) is 6.61 Å². The third kappa shape index (κ3) is 4.30. The number of aliphatic hydroxyl groups excluding tert-OH is 1. The molecule has 8 heteroatoms. The van der Waals surface area contributed by atoms with Gasteiger partial charge in [0.1, 0.15) is 18.3 Å². The number of hydrogen-bond acceptors (Lipinski definition) is 7. The van der Waals surface area contributed by atoms with E-state index in [1.807, 2.05) is 30.3 Å². The highest BCUT2D eigenvalue weighted by atomic mass is 35.5. The Morgan fingerprint density at radius 1 is 1.10 bits per heavy atom. The zero-order chi connectivity index (χ0) is 20.4. The van der Waals surface area contributed by atoms with Crippen LogP contribution in [0.25, 0.3) is 0 Å². The SMILES string of the molecule is COC1OC2COC(c3ccccc3)OC2C(OC(=O)c2ccc(Cl)cc2)C1O. The fourth-order valence-electron chi connectivity index (χ4n) is 3.45. The first-order chi connectivity index (χ1) is 14.1. The maximum atomic E-state index is 12.6. The van der Waals surface area contributed by atoms with Gasteiger partial charge in [-0.15, -0.1) is 0 Å². The second kappa shape index (κ2) is 8.79. The molecule has 0 radical (unpaired) electrons. The summed E-state index contributed by atoms with van der Waals surface area (Å²) < 4.78 is 28.4. The van der Waals surface area contributed by atoms with E-state index in [0.717, 1.165) is 5.56 Å². The lowest BCUT2D eigenvalue weighted by Gasteiger charge is -2.47. The number of esters is 1. The fourth-order valence-corrected chi connectivity index (χ4v) is 3.57. The van der Waals surface area contributed by atoms with E-state index in [2.05, 4.69) is 0 Å². The van der Waals surface area contributed by atoms with Crippen molar-refractivity contribution in [1.29, 1.82) is 0 Å². The van der Waals surface area contributed by atoms with Crippen molar-refractivity contribution < 1.29 is 33.6 Å². The Kier molecular flexibility index (Phi) is 6.15. The van der Waals surface area contributed by atoms with E-state index in [1.54, 1.807) is 24.3 Å². The molecule has 2 fully saturated rings. The van der Waals surface area contributed by atoms with E-state index in [4.69, 9.17) is 35.3 Å². The Morgan fingerprint density at radius 2 is 1.83 bits per heavy atom. The van der Waals surface area contributed by atoms with Crippen LogP contribution < -0.4 is 0 Å². The van der Waals surface area contributed by atoms with E-state index in [0.29, 0.717) is 10.6 Å². The lowest BCUT2D eigenvalue weighted by Crippen LogP contribution is -2.63. The summed E-state index contributed by atoms with van der Waals surface area (Å²) >= 11 is 5.88. The molecule has 0 amide bonds. The summed E-state index contributed by atoms with van der Waals surface area (Å²) in [7, 11) is 1.41. The molecule has 0 aromatic heterocycles. The lowest BCUT2D eigenvalue weighted by molar-refractivity contribution is -0.357. The maximum Gasteiger partial charge on any atom is 0.338 e. The predicted molar refractivity (Wildman–Crippen MR) is 102 cm³/mol. The zero-order valence-corrected chi connectivity index (χ0v) is 16.4. The highest BCUT2D eigenvalue weighted by Gasteiger charge is 2.51. The summed E-state index contributed by atoms with van der Waals surface area (Å²) in [6.45, 7) is 0.200. The normalized spacial score (nSPS) is 31.7. The van der Waals surface area contributed by atoms with Crippen molar-refractivity contribution in [1.82, 2.24) is 0 Å². The van der Waals surface area contributed by atoms with Crippen LogP contribution in [0.1, 0.15) is 22.2 Å². The van der Waals surface area contributed by atoms with Crippen LogP contribution in [0.4, 0.5) is 0 Å². The van der Waals surface area contributed by atoms with Gasteiger partial charge in [0.05, 0.1) is 12.2 Å². The number of benzene rings is 2. The molecule has 2 saturated heterocycles. The first-order valence-corrected chi connectivity index (χ1v) is 9.59. The molecule has 2 aromatic rings. The number of rotatable bonds is 4. The molecule has 7 nitrogen and oxygen atoms in total. The number of aliphatic hydroxyl groups is 1. The zero-order valence-electron chi connectivity index (χ0n) is 15.6. The van der Waals surface area contributed by atoms with Gasteiger partial charge < -0.3 is 28.8 Å². The van der Waals surface area contributed by atoms with Crippen molar-refractivity contribution in [2.75, 3.05) is 13.7 Å². The van der Waals surface area contributed by atoms with Gasteiger partial charge in [0.2, 0.25) is 0 Å². The summed E-state index contributed by atoms with van der Waals surface area (Å²) in [5.41, 5.74) is 1.13. The monoisotopic (exact) mass is 420 g/mol. The molecule has 154 valence electrons. The van der Waals surface area contributed by atoms with Gasteiger partial charge in [0, 0.05) is 17.7 Å². The largest absolute Gasteiger partial charge is 0.453 e. The van der Waals surface area contributed by atoms with Gasteiger partial charge in [-0.25, -0.2) is 4.79 Å². The van der Waals surface area contributed by atoms with Gasteiger partial charge in [-0.05, 0) is 24.3 Å². The first-order valence-electron chi connectivity index (χ1n) is 9.21. The van der Waals surface area contributed by atoms with Gasteiger partial charge in [0.15, 0.2) is 18.7 Å². The second-order valence-electron chi connectivity index (χ2n) is 6.82. The standard InChI is InChI=1S/C21H21ClO7/c1-25-21-16(23)18(28-19(24)12-7-9-14(22)10-8-12)17-15(27-21)11-26-20(29-17)13-5-3-2-4-6-13/h2-10,15-18,20-21,23H,11H2,1H3. The minimum absolute atomic E-state index is 0.200. The number of hydrogen-bond donors (Lipinski definition) is 1. The molecular formula is C21H21ClO7. The molecular weight excluding hydrogens is 400 g/mol. The Morgan fingerprint density at radius 3 is 2.52 bits per heavy atom. The van der Waals surface area contributed by atoms with E-state index in [9.17, 15) is 9.90 Å². The van der Waals surface area contributed by atoms with Gasteiger partial charge in [-0.3, -0.25) is 0 Å². The van der Waals surface area contributed by atoms with Crippen LogP contribution in [0.15, 0.2) is 54.6 Å². The van der Waals surface area contributed by atoms with Crippen molar-refractivity contribution >= 4 is 17.6 Å². The van der Waals surface area contributed by atoms with Crippen molar-refractivity contribution in [3.63, 3.8) is 0 Å². The average Bonchev–Trinajstić information content (AvgIpc) is 2.76. The third-order valence-electron chi connectivity index (χ3n) is 4.93. The van der Waals surface area contributed by atoms with Gasteiger partial charge in [-0.2, -0.15) is 0 Å². The quantitative estimate of drug-likeness (QED) is 0.761. The van der Waals surface area contributed by atoms with Crippen LogP contribution in [-0.4, -0.2) is 55.5 Å². The summed E-state index contributed by atoms with van der Waals surface area (Å²) in [4.78, 5) is 12.6. The van der Waals surface area contributed by atoms with Crippen LogP contribution in [0, 0.1) is 0 Å². The number of carbonyl (C=O) groups is 1. The predicted octanol–water partition coefficient (Wildman–Crippen LogP) is 2.71. The minimum Gasteiger partial charge on any atom is -0.453 e. The minimum atomic E-state index is -1.23. The average molecular weight is 421 g/mol. The smallest absolute Gasteiger partial charge is 0.338 e. The molecule has 1 N–H and O–H groups in total. The number of methoxy groups -OCH3 is 1. The van der Waals surface area contributed by atoms with Gasteiger partial charge in [-0.1, -0.05) is 41.9 Å². The first kappa shape index (κ1) is 20.3. The molecule has 0 aliphatic carbocycles. The summed E-state index contributed by atoms with van der Waals surface area (Å²) in [5.74, 6) is -0.604. The molecule has 6 atom stereocenters. The summed E-state index contributed by atoms with van der Waals surface area (Å²) in [6, 6.07) is 15.7. The summed E-state index contributed by atoms with van der Waals surface area (Å²) in [6.07, 6.45) is -5.16. The Bertz CT molecular complexity index is 829. The summed E-state index contributed by atoms with van der Waals surface area (Å²) in [5, 5.41) is 11.2. The Balaban J connectivity index is 1.56. The number of fused-ring (bicyclic) bond motifs is 1. The number of halogens is 1. The van der Waals surface area contributed by atoms with Gasteiger partial charge in [0.25, 0.3) is 0 Å². The van der Waals surface area contributed by atoms with Crippen LogP contribution in [0.5, 0.6) is 0 Å². The van der Waals surface area contributed by atoms with Crippen LogP contribution >= 0.6 is 11.6 Å². The molecule has 2 aliphatic heterocycles. The van der Waals surface area contributed by atoms with Crippen molar-refractivity contribution in [2.45, 2.75) is 37.0 Å². The molecule has 2 aliphatic rings. The van der Waals surface area contributed by atoms with Crippen molar-refractivity contribution in [3.8, 4) is 0 Å². The molecule has 0 bridgehead atoms. The Labute approximate surface area is 173 Å². The van der Waals surface area contributed by atoms with Crippen LogP contribution in [0.2, 0.25) is 5.02 Å². The van der Waals surface area contributed by atoms with Crippen molar-refractivity contribution in [2.24, 2.45) is 0 Å². The molecule has 0 spiro atoms. The molecule has 2 aromatic carbocycles.